The number of ketones is 1. The molecule has 1 heterocycles. The summed E-state index contributed by atoms with van der Waals surface area (Å²) >= 11 is -0.0463. The van der Waals surface area contributed by atoms with Gasteiger partial charge in [0.05, 0.1) is 0 Å². The summed E-state index contributed by atoms with van der Waals surface area (Å²) in [6.07, 6.45) is 1.93. The van der Waals surface area contributed by atoms with Crippen LogP contribution in [0.3, 0.4) is 0 Å². The van der Waals surface area contributed by atoms with Gasteiger partial charge in [-0.1, -0.05) is 0 Å². The molecule has 6 nitrogen and oxygen atoms in total. The van der Waals surface area contributed by atoms with E-state index in [0.29, 0.717) is 25.7 Å². The molecule has 1 aromatic rings. The van der Waals surface area contributed by atoms with Crippen molar-refractivity contribution in [3.8, 4) is 0 Å². The molecule has 4 saturated carbocycles. The molecule has 1 N–H and O–H groups in total. The van der Waals surface area contributed by atoms with Crippen LogP contribution in [0.4, 0.5) is 0 Å². The third kappa shape index (κ3) is 2.32. The second kappa shape index (κ2) is 6.71. The third-order valence-corrected chi connectivity index (χ3v) is 13.1. The summed E-state index contributed by atoms with van der Waals surface area (Å²) in [6.45, 7) is 1.70. The van der Waals surface area contributed by atoms with Gasteiger partial charge in [0.1, 0.15) is 0 Å². The number of aliphatic hydroxyl groups excluding tert-OH is 1. The number of carbonyl (C=O) groups excluding carboxylic acids is 3. The summed E-state index contributed by atoms with van der Waals surface area (Å²) in [6, 6.07) is 10.2. The van der Waals surface area contributed by atoms with Gasteiger partial charge >= 0.3 is 201 Å². The van der Waals surface area contributed by atoms with E-state index in [2.05, 4.69) is 12.1 Å². The van der Waals surface area contributed by atoms with E-state index in [1.165, 1.54) is 11.6 Å². The Kier molecular flexibility index (Phi) is 4.20. The molecule has 1 saturated heterocycles. The third-order valence-electron chi connectivity index (χ3n) is 9.87. The van der Waals surface area contributed by atoms with Gasteiger partial charge in [-0.2, -0.15) is 0 Å². The number of rotatable bonds is 3. The van der Waals surface area contributed by atoms with Crippen LogP contribution in [0, 0.1) is 34.5 Å². The van der Waals surface area contributed by atoms with Crippen molar-refractivity contribution in [1.29, 1.82) is 0 Å². The van der Waals surface area contributed by atoms with Crippen LogP contribution >= 0.6 is 0 Å². The molecule has 5 fully saturated rings. The maximum absolute atomic E-state index is 14.4. The molecule has 5 aliphatic rings. The predicted molar refractivity (Wildman–Crippen MR) is 120 cm³/mol. The Morgan fingerprint density at radius 3 is 2.70 bits per heavy atom. The Morgan fingerprint density at radius 1 is 1.24 bits per heavy atom. The summed E-state index contributed by atoms with van der Waals surface area (Å²) in [5, 5.41) is 11.0. The van der Waals surface area contributed by atoms with Gasteiger partial charge in [-0.05, 0) is 0 Å². The van der Waals surface area contributed by atoms with Crippen LogP contribution in [0.25, 0.3) is 0 Å². The van der Waals surface area contributed by atoms with Crippen molar-refractivity contribution in [3.05, 3.63) is 30.3 Å². The molecule has 0 aromatic heterocycles. The topological polar surface area (TPSA) is 89.9 Å². The van der Waals surface area contributed by atoms with Gasteiger partial charge in [-0.3, -0.25) is 0 Å². The van der Waals surface area contributed by atoms with E-state index in [9.17, 15) is 19.5 Å². The molecule has 0 amide bonds. The molecule has 33 heavy (non-hydrogen) atoms. The number of benzene rings is 1. The average Bonchev–Trinajstić information content (AvgIpc) is 3.26. The van der Waals surface area contributed by atoms with Gasteiger partial charge in [-0.25, -0.2) is 0 Å². The van der Waals surface area contributed by atoms with Crippen molar-refractivity contribution < 1.29 is 30.3 Å². The number of hydrogen-bond acceptors (Lipinski definition) is 6. The quantitative estimate of drug-likeness (QED) is 0.487. The van der Waals surface area contributed by atoms with Crippen LogP contribution in [-0.4, -0.2) is 56.6 Å². The fourth-order valence-electron chi connectivity index (χ4n) is 8.57. The van der Waals surface area contributed by atoms with Crippen molar-refractivity contribution in [3.63, 3.8) is 0 Å². The van der Waals surface area contributed by atoms with Gasteiger partial charge in [0, 0.05) is 0 Å². The minimum atomic E-state index is -1.24. The zero-order chi connectivity index (χ0) is 24.1. The molecular formula is C26H30O6Se. The van der Waals surface area contributed by atoms with Gasteiger partial charge in [0.2, 0.25) is 0 Å². The summed E-state index contributed by atoms with van der Waals surface area (Å²) < 4.78 is 20.7. The molecule has 6 rings (SSSR count). The van der Waals surface area contributed by atoms with Crippen LogP contribution < -0.4 is 4.46 Å². The summed E-state index contributed by atoms with van der Waals surface area (Å²) in [5.74, 6) is -3.13. The van der Waals surface area contributed by atoms with E-state index in [1.54, 1.807) is 6.92 Å². The monoisotopic (exact) mass is 519 g/mol. The summed E-state index contributed by atoms with van der Waals surface area (Å²) in [5.41, 5.74) is -3.18. The van der Waals surface area contributed by atoms with E-state index in [1.807, 2.05) is 18.2 Å². The van der Waals surface area contributed by atoms with Gasteiger partial charge in [0.25, 0.3) is 0 Å². The van der Waals surface area contributed by atoms with E-state index < -0.39 is 52.2 Å². The number of fused-ring (bicyclic) bond motifs is 1. The first-order chi connectivity index (χ1) is 16.2. The number of hydrogen-bond donors (Lipinski definition) is 1. The second-order valence-electron chi connectivity index (χ2n) is 10.9. The standard InChI is InChI=1S/C26H30O6Se/c1-14-20(28)25-13-24(14,33-15-7-5-4-6-8-15)11-9-16(25)26-12-10-17(27)23(2,22(30)32-26)19(26)18(25)21(29)31-3/h4-8,14,16-19,27H,9-13H2,1-3H3/t14-,16+,17-,18+,19+,23+,24-,25+,26+/m0/s1/i1D. The normalized spacial score (nSPS) is 49.8. The van der Waals surface area contributed by atoms with Gasteiger partial charge in [0.15, 0.2) is 0 Å². The number of aliphatic hydroxyl groups is 1. The molecule has 0 unspecified atom stereocenters. The molecule has 4 bridgehead atoms. The number of esters is 2. The molecule has 1 aliphatic heterocycles. The molecule has 7 heteroatoms. The van der Waals surface area contributed by atoms with E-state index >= 15 is 0 Å². The first-order valence-corrected chi connectivity index (χ1v) is 13.5. The average molecular weight is 518 g/mol. The number of methoxy groups -OCH3 is 1. The zero-order valence-corrected chi connectivity index (χ0v) is 20.6. The summed E-state index contributed by atoms with van der Waals surface area (Å²) in [4.78, 5) is 41.1. The Balaban J connectivity index is 1.54. The number of carbonyl (C=O) groups is 3. The van der Waals surface area contributed by atoms with Gasteiger partial charge in [-0.15, -0.1) is 0 Å². The van der Waals surface area contributed by atoms with E-state index in [4.69, 9.17) is 10.8 Å². The minimum absolute atomic E-state index is 0.00682. The Bertz CT molecular complexity index is 1080. The first-order valence-electron chi connectivity index (χ1n) is 12.5. The van der Waals surface area contributed by atoms with Crippen molar-refractivity contribution in [2.24, 2.45) is 34.5 Å². The number of ether oxygens (including phenoxy) is 2. The van der Waals surface area contributed by atoms with Crippen LogP contribution in [-0.2, 0) is 23.9 Å². The Morgan fingerprint density at radius 2 is 2.00 bits per heavy atom. The fraction of sp³-hybridized carbons (Fsp3) is 0.654. The van der Waals surface area contributed by atoms with E-state index in [0.717, 1.165) is 6.42 Å². The van der Waals surface area contributed by atoms with Crippen LogP contribution in [0.5, 0.6) is 0 Å². The first kappa shape index (κ1) is 20.7. The van der Waals surface area contributed by atoms with Crippen LogP contribution in [0.2, 0.25) is 4.31 Å². The molecule has 0 radical (unpaired) electrons. The molecule has 176 valence electrons. The predicted octanol–water partition coefficient (Wildman–Crippen LogP) is 2.06. The Hall–Kier alpha value is -1.69. The van der Waals surface area contributed by atoms with Crippen LogP contribution in [0.15, 0.2) is 30.3 Å². The molecule has 1 aromatic carbocycles. The van der Waals surface area contributed by atoms with Gasteiger partial charge < -0.3 is 0 Å². The molecular weight excluding hydrogens is 487 g/mol. The Labute approximate surface area is 201 Å². The van der Waals surface area contributed by atoms with Crippen molar-refractivity contribution in [1.82, 2.24) is 0 Å². The van der Waals surface area contributed by atoms with Crippen molar-refractivity contribution in [2.75, 3.05) is 7.11 Å². The molecule has 9 atom stereocenters. The van der Waals surface area contributed by atoms with Crippen LogP contribution in [0.1, 0.15) is 47.3 Å². The summed E-state index contributed by atoms with van der Waals surface area (Å²) in [7, 11) is 1.33. The maximum atomic E-state index is 14.4. The SMILES string of the molecule is [2H]C[C@H]1C(=O)[C@]23C[C@@]1([Se]c1ccccc1)CC[C@H]2[C@@]12CC[C@H](O)[C@@](C)(C(=O)O1)[C@H]2[C@@H]3C(=O)OC. The van der Waals surface area contributed by atoms with Crippen molar-refractivity contribution in [2.45, 2.75) is 61.9 Å². The zero-order valence-electron chi connectivity index (χ0n) is 19.9. The second-order valence-corrected chi connectivity index (χ2v) is 14.0. The molecule has 4 aliphatic carbocycles. The molecule has 1 spiro atoms. The van der Waals surface area contributed by atoms with E-state index in [-0.39, 0.29) is 37.9 Å². The fourth-order valence-corrected chi connectivity index (χ4v) is 11.8. The number of Topliss-reactive ketones (excluding diaryl/α,β-unsaturated/α-hetero) is 1. The van der Waals surface area contributed by atoms with Crippen molar-refractivity contribution >= 4 is 37.1 Å².